The molecular formula is C25H20N4O2. The topological polar surface area (TPSA) is 76.0 Å². The molecule has 0 aliphatic rings. The quantitative estimate of drug-likeness (QED) is 0.280. The number of benzene rings is 3. The normalized spacial score (nSPS) is 10.2. The molecule has 0 atom stereocenters. The summed E-state index contributed by atoms with van der Waals surface area (Å²) < 4.78 is 1.69. The molecule has 0 saturated heterocycles. The molecule has 0 fully saturated rings. The highest BCUT2D eigenvalue weighted by Gasteiger charge is 2.19. The highest BCUT2D eigenvalue weighted by atomic mass is 16.2. The van der Waals surface area contributed by atoms with E-state index < -0.39 is 11.8 Å². The lowest BCUT2D eigenvalue weighted by molar-refractivity contribution is -0.118. The van der Waals surface area contributed by atoms with Crippen LogP contribution in [0.5, 0.6) is 0 Å². The second-order valence-corrected chi connectivity index (χ2v) is 6.75. The van der Waals surface area contributed by atoms with Gasteiger partial charge in [0.05, 0.1) is 11.9 Å². The van der Waals surface area contributed by atoms with Crippen LogP contribution in [0.4, 0.5) is 11.4 Å². The van der Waals surface area contributed by atoms with Crippen molar-refractivity contribution >= 4 is 29.3 Å². The van der Waals surface area contributed by atoms with E-state index in [1.54, 1.807) is 41.3 Å². The number of rotatable bonds is 6. The number of hydrogen-bond acceptors (Lipinski definition) is 3. The average Bonchev–Trinajstić information content (AvgIpc) is 3.28. The third-order valence-corrected chi connectivity index (χ3v) is 4.49. The minimum atomic E-state index is -0.507. The maximum absolute atomic E-state index is 13.0. The third-order valence-electron chi connectivity index (χ3n) is 4.49. The van der Waals surface area contributed by atoms with E-state index in [0.717, 1.165) is 5.69 Å². The molecule has 31 heavy (non-hydrogen) atoms. The molecule has 2 amide bonds. The Morgan fingerprint density at radius 2 is 1.19 bits per heavy atom. The van der Waals surface area contributed by atoms with Crippen molar-refractivity contribution in [3.63, 3.8) is 0 Å². The van der Waals surface area contributed by atoms with Gasteiger partial charge in [-0.3, -0.25) is 9.59 Å². The van der Waals surface area contributed by atoms with Gasteiger partial charge in [0.1, 0.15) is 5.57 Å². The molecule has 0 aliphatic carbocycles. The summed E-state index contributed by atoms with van der Waals surface area (Å²) in [6, 6.07) is 27.6. The van der Waals surface area contributed by atoms with Crippen molar-refractivity contribution in [1.29, 1.82) is 0 Å². The predicted octanol–water partition coefficient (Wildman–Crippen LogP) is 4.53. The predicted molar refractivity (Wildman–Crippen MR) is 122 cm³/mol. The molecule has 0 radical (unpaired) electrons. The van der Waals surface area contributed by atoms with E-state index >= 15 is 0 Å². The van der Waals surface area contributed by atoms with E-state index in [1.807, 2.05) is 66.7 Å². The summed E-state index contributed by atoms with van der Waals surface area (Å²) in [4.78, 5) is 25.9. The number of anilines is 2. The summed E-state index contributed by atoms with van der Waals surface area (Å²) in [6.45, 7) is 0. The zero-order valence-electron chi connectivity index (χ0n) is 16.6. The van der Waals surface area contributed by atoms with Crippen LogP contribution < -0.4 is 10.6 Å². The Labute approximate surface area is 179 Å². The number of carbonyl (C=O) groups excluding carboxylic acids is 2. The molecule has 0 aliphatic heterocycles. The van der Waals surface area contributed by atoms with Crippen LogP contribution in [0.2, 0.25) is 0 Å². The van der Waals surface area contributed by atoms with Crippen molar-refractivity contribution in [2.24, 2.45) is 0 Å². The molecule has 152 valence electrons. The Kier molecular flexibility index (Phi) is 6.00. The van der Waals surface area contributed by atoms with Crippen molar-refractivity contribution in [3.8, 4) is 5.69 Å². The maximum atomic E-state index is 13.0. The molecule has 6 heteroatoms. The molecule has 1 heterocycles. The fourth-order valence-corrected chi connectivity index (χ4v) is 2.97. The van der Waals surface area contributed by atoms with Gasteiger partial charge in [0, 0.05) is 23.1 Å². The molecular weight excluding hydrogens is 388 g/mol. The number of nitrogens with zero attached hydrogens (tertiary/aromatic N) is 2. The first-order valence-electron chi connectivity index (χ1n) is 9.74. The van der Waals surface area contributed by atoms with Crippen LogP contribution in [0.25, 0.3) is 11.8 Å². The molecule has 1 aromatic heterocycles. The first-order chi connectivity index (χ1) is 15.2. The number of nitrogens with one attached hydrogen (secondary N) is 2. The van der Waals surface area contributed by atoms with Gasteiger partial charge in [0.15, 0.2) is 0 Å². The Morgan fingerprint density at radius 1 is 0.710 bits per heavy atom. The van der Waals surface area contributed by atoms with Gasteiger partial charge in [-0.1, -0.05) is 54.6 Å². The molecule has 0 unspecified atom stereocenters. The fourth-order valence-electron chi connectivity index (χ4n) is 2.97. The van der Waals surface area contributed by atoms with Crippen molar-refractivity contribution in [3.05, 3.63) is 115 Å². The van der Waals surface area contributed by atoms with E-state index in [0.29, 0.717) is 16.9 Å². The van der Waals surface area contributed by atoms with E-state index in [4.69, 9.17) is 0 Å². The number of aromatic nitrogens is 2. The maximum Gasteiger partial charge on any atom is 0.261 e. The minimum Gasteiger partial charge on any atom is -0.322 e. The van der Waals surface area contributed by atoms with Gasteiger partial charge in [0.25, 0.3) is 11.8 Å². The zero-order valence-corrected chi connectivity index (χ0v) is 16.6. The lowest BCUT2D eigenvalue weighted by Crippen LogP contribution is -2.25. The van der Waals surface area contributed by atoms with Gasteiger partial charge >= 0.3 is 0 Å². The van der Waals surface area contributed by atoms with Gasteiger partial charge in [-0.05, 0) is 42.5 Å². The lowest BCUT2D eigenvalue weighted by Gasteiger charge is -2.10. The van der Waals surface area contributed by atoms with Crippen LogP contribution in [-0.4, -0.2) is 21.6 Å². The molecule has 0 saturated carbocycles. The van der Waals surface area contributed by atoms with Crippen molar-refractivity contribution in [2.75, 3.05) is 10.6 Å². The van der Waals surface area contributed by atoms with Crippen LogP contribution in [0.1, 0.15) is 5.56 Å². The number of carbonyl (C=O) groups is 2. The van der Waals surface area contributed by atoms with Crippen molar-refractivity contribution in [2.45, 2.75) is 0 Å². The SMILES string of the molecule is O=C(Nc1ccccc1)C(=Cc1cnn(-c2ccccc2)c1)C(=O)Nc1ccccc1. The summed E-state index contributed by atoms with van der Waals surface area (Å²) >= 11 is 0. The molecule has 4 aromatic rings. The summed E-state index contributed by atoms with van der Waals surface area (Å²) in [5, 5.41) is 9.88. The zero-order chi connectivity index (χ0) is 21.5. The molecule has 6 nitrogen and oxygen atoms in total. The van der Waals surface area contributed by atoms with Gasteiger partial charge in [-0.25, -0.2) is 4.68 Å². The van der Waals surface area contributed by atoms with Crippen LogP contribution in [0.15, 0.2) is 109 Å². The van der Waals surface area contributed by atoms with Gasteiger partial charge < -0.3 is 10.6 Å². The van der Waals surface area contributed by atoms with Gasteiger partial charge in [0.2, 0.25) is 0 Å². The smallest absolute Gasteiger partial charge is 0.261 e. The summed E-state index contributed by atoms with van der Waals surface area (Å²) in [7, 11) is 0. The summed E-state index contributed by atoms with van der Waals surface area (Å²) in [5.74, 6) is -1.01. The fraction of sp³-hybridized carbons (Fsp3) is 0. The second kappa shape index (κ2) is 9.37. The third kappa shape index (κ3) is 5.13. The highest BCUT2D eigenvalue weighted by molar-refractivity contribution is 6.28. The lowest BCUT2D eigenvalue weighted by atomic mass is 10.1. The van der Waals surface area contributed by atoms with E-state index in [-0.39, 0.29) is 5.57 Å². The Morgan fingerprint density at radius 3 is 1.71 bits per heavy atom. The van der Waals surface area contributed by atoms with Crippen LogP contribution in [-0.2, 0) is 9.59 Å². The van der Waals surface area contributed by atoms with Crippen LogP contribution in [0, 0.1) is 0 Å². The molecule has 2 N–H and O–H groups in total. The molecule has 4 rings (SSSR count). The Balaban J connectivity index is 1.63. The van der Waals surface area contributed by atoms with E-state index in [2.05, 4.69) is 15.7 Å². The second-order valence-electron chi connectivity index (χ2n) is 6.75. The molecule has 0 spiro atoms. The van der Waals surface area contributed by atoms with Crippen molar-refractivity contribution < 1.29 is 9.59 Å². The number of amides is 2. The summed E-state index contributed by atoms with van der Waals surface area (Å²) in [5.41, 5.74) is 2.69. The minimum absolute atomic E-state index is 0.0275. The molecule has 0 bridgehead atoms. The molecule has 3 aromatic carbocycles. The number of para-hydroxylation sites is 3. The van der Waals surface area contributed by atoms with Gasteiger partial charge in [-0.2, -0.15) is 5.10 Å². The van der Waals surface area contributed by atoms with Gasteiger partial charge in [-0.15, -0.1) is 0 Å². The Bertz CT molecular complexity index is 1140. The Hall–Kier alpha value is -4.45. The standard InChI is InChI=1S/C25H20N4O2/c30-24(27-20-10-4-1-5-11-20)23(25(31)28-21-12-6-2-7-13-21)16-19-17-26-29(18-19)22-14-8-3-9-15-22/h1-18H,(H,27,30)(H,28,31). The van der Waals surface area contributed by atoms with Crippen LogP contribution >= 0.6 is 0 Å². The summed E-state index contributed by atoms with van der Waals surface area (Å²) in [6.07, 6.45) is 4.91. The monoisotopic (exact) mass is 408 g/mol. The first-order valence-corrected chi connectivity index (χ1v) is 9.74. The largest absolute Gasteiger partial charge is 0.322 e. The van der Waals surface area contributed by atoms with E-state index in [9.17, 15) is 9.59 Å². The number of hydrogen-bond donors (Lipinski definition) is 2. The van der Waals surface area contributed by atoms with E-state index in [1.165, 1.54) is 6.08 Å². The first kappa shape index (κ1) is 19.8. The van der Waals surface area contributed by atoms with Crippen LogP contribution in [0.3, 0.4) is 0 Å². The highest BCUT2D eigenvalue weighted by Crippen LogP contribution is 2.15. The average molecular weight is 408 g/mol. The van der Waals surface area contributed by atoms with Crippen molar-refractivity contribution in [1.82, 2.24) is 9.78 Å².